The van der Waals surface area contributed by atoms with Gasteiger partial charge in [-0.3, -0.25) is 13.9 Å². The van der Waals surface area contributed by atoms with Crippen molar-refractivity contribution in [1.82, 2.24) is 10.2 Å². The molecule has 0 bridgehead atoms. The van der Waals surface area contributed by atoms with Crippen molar-refractivity contribution < 1.29 is 18.0 Å². The van der Waals surface area contributed by atoms with Crippen LogP contribution in [0.5, 0.6) is 0 Å². The Morgan fingerprint density at radius 3 is 2.10 bits per heavy atom. The van der Waals surface area contributed by atoms with Gasteiger partial charge in [-0.2, -0.15) is 0 Å². The van der Waals surface area contributed by atoms with Gasteiger partial charge in [0.2, 0.25) is 11.8 Å². The molecule has 1 unspecified atom stereocenters. The van der Waals surface area contributed by atoms with E-state index >= 15 is 0 Å². The Morgan fingerprint density at radius 1 is 0.875 bits per heavy atom. The second kappa shape index (κ2) is 12.7. The number of amides is 2. The van der Waals surface area contributed by atoms with Crippen molar-refractivity contribution in [3.63, 3.8) is 0 Å². The second-order valence-corrected chi connectivity index (χ2v) is 13.1. The fourth-order valence-corrected chi connectivity index (χ4v) is 5.87. The van der Waals surface area contributed by atoms with Gasteiger partial charge in [-0.1, -0.05) is 60.2 Å². The highest BCUT2D eigenvalue weighted by Gasteiger charge is 2.33. The fraction of sp³-hybridized carbons (Fsp3) is 0.375. The summed E-state index contributed by atoms with van der Waals surface area (Å²) in [4.78, 5) is 28.8. The number of hydrogen-bond donors (Lipinski definition) is 1. The summed E-state index contributed by atoms with van der Waals surface area (Å²) in [6.07, 6.45) is 0.522. The van der Waals surface area contributed by atoms with E-state index in [1.54, 1.807) is 43.3 Å². The van der Waals surface area contributed by atoms with Crippen LogP contribution >= 0.6 is 0 Å². The third-order valence-electron chi connectivity index (χ3n) is 6.88. The lowest BCUT2D eigenvalue weighted by Crippen LogP contribution is -2.55. The number of nitrogens with one attached hydrogen (secondary N) is 1. The zero-order valence-electron chi connectivity index (χ0n) is 24.6. The second-order valence-electron chi connectivity index (χ2n) is 11.3. The van der Waals surface area contributed by atoms with Gasteiger partial charge in [0, 0.05) is 12.1 Å². The molecule has 0 saturated heterocycles. The highest BCUT2D eigenvalue weighted by atomic mass is 32.2. The fourth-order valence-electron chi connectivity index (χ4n) is 4.40. The summed E-state index contributed by atoms with van der Waals surface area (Å²) in [7, 11) is -4.10. The summed E-state index contributed by atoms with van der Waals surface area (Å²) in [5.41, 5.74) is 3.57. The van der Waals surface area contributed by atoms with Crippen LogP contribution in [0.2, 0.25) is 0 Å². The van der Waals surface area contributed by atoms with Gasteiger partial charge in [0.25, 0.3) is 10.0 Å². The SMILES string of the molecule is Cc1ccc(S(=O)(=O)N(CC(=O)N(CCc2ccccc2)C(C)C(=O)NC(C)(C)C)c2cccc(C)c2C)cc1. The molecule has 3 aromatic rings. The van der Waals surface area contributed by atoms with Crippen molar-refractivity contribution in [2.24, 2.45) is 0 Å². The van der Waals surface area contributed by atoms with Crippen LogP contribution in [-0.4, -0.2) is 49.8 Å². The molecule has 0 spiro atoms. The zero-order chi connectivity index (χ0) is 29.7. The molecule has 0 aromatic heterocycles. The monoisotopic (exact) mass is 563 g/mol. The molecule has 0 heterocycles. The maximum atomic E-state index is 14.0. The van der Waals surface area contributed by atoms with E-state index in [0.717, 1.165) is 22.3 Å². The predicted molar refractivity (Wildman–Crippen MR) is 161 cm³/mol. The number of benzene rings is 3. The maximum Gasteiger partial charge on any atom is 0.264 e. The van der Waals surface area contributed by atoms with Crippen molar-refractivity contribution in [3.8, 4) is 0 Å². The molecule has 0 aliphatic rings. The van der Waals surface area contributed by atoms with Crippen molar-refractivity contribution in [1.29, 1.82) is 0 Å². The van der Waals surface area contributed by atoms with Crippen molar-refractivity contribution >= 4 is 27.5 Å². The van der Waals surface area contributed by atoms with Gasteiger partial charge in [-0.15, -0.1) is 0 Å². The molecule has 8 heteroatoms. The van der Waals surface area contributed by atoms with Crippen LogP contribution in [0.25, 0.3) is 0 Å². The molecule has 0 radical (unpaired) electrons. The van der Waals surface area contributed by atoms with Crippen LogP contribution in [0.15, 0.2) is 77.7 Å². The number of hydrogen-bond acceptors (Lipinski definition) is 4. The van der Waals surface area contributed by atoms with Gasteiger partial charge >= 0.3 is 0 Å². The molecule has 0 fully saturated rings. The van der Waals surface area contributed by atoms with E-state index in [4.69, 9.17) is 0 Å². The molecule has 2 amide bonds. The van der Waals surface area contributed by atoms with Crippen LogP contribution in [0.4, 0.5) is 5.69 Å². The van der Waals surface area contributed by atoms with Crippen LogP contribution in [-0.2, 0) is 26.0 Å². The summed E-state index contributed by atoms with van der Waals surface area (Å²) in [6.45, 7) is 12.8. The summed E-state index contributed by atoms with van der Waals surface area (Å²) in [5.74, 6) is -0.752. The number of sulfonamides is 1. The lowest BCUT2D eigenvalue weighted by molar-refractivity contribution is -0.139. The first-order valence-electron chi connectivity index (χ1n) is 13.5. The lowest BCUT2D eigenvalue weighted by atomic mass is 10.1. The van der Waals surface area contributed by atoms with E-state index in [-0.39, 0.29) is 17.3 Å². The third kappa shape index (κ3) is 7.72. The largest absolute Gasteiger partial charge is 0.350 e. The molecule has 0 aliphatic heterocycles. The minimum Gasteiger partial charge on any atom is -0.350 e. The lowest BCUT2D eigenvalue weighted by Gasteiger charge is -2.34. The first kappa shape index (κ1) is 30.9. The van der Waals surface area contributed by atoms with E-state index in [9.17, 15) is 18.0 Å². The Bertz CT molecular complexity index is 1430. The van der Waals surface area contributed by atoms with Gasteiger partial charge in [0.15, 0.2) is 0 Å². The molecule has 40 heavy (non-hydrogen) atoms. The van der Waals surface area contributed by atoms with Crippen molar-refractivity contribution in [2.45, 2.75) is 71.4 Å². The van der Waals surface area contributed by atoms with Crippen LogP contribution < -0.4 is 9.62 Å². The number of carbonyl (C=O) groups excluding carboxylic acids is 2. The minimum atomic E-state index is -4.10. The third-order valence-corrected chi connectivity index (χ3v) is 8.66. The van der Waals surface area contributed by atoms with Gasteiger partial charge in [0.1, 0.15) is 12.6 Å². The Kier molecular flexibility index (Phi) is 9.79. The molecule has 214 valence electrons. The molecule has 0 aliphatic carbocycles. The van der Waals surface area contributed by atoms with E-state index < -0.39 is 34.1 Å². The number of aryl methyl sites for hydroxylation is 2. The van der Waals surface area contributed by atoms with E-state index in [1.807, 2.05) is 77.9 Å². The van der Waals surface area contributed by atoms with Gasteiger partial charge in [-0.05, 0) is 89.8 Å². The highest BCUT2D eigenvalue weighted by molar-refractivity contribution is 7.92. The van der Waals surface area contributed by atoms with Crippen molar-refractivity contribution in [3.05, 3.63) is 95.1 Å². The van der Waals surface area contributed by atoms with E-state index in [2.05, 4.69) is 5.32 Å². The quantitative estimate of drug-likeness (QED) is 0.368. The van der Waals surface area contributed by atoms with E-state index in [1.165, 1.54) is 9.21 Å². The molecule has 1 atom stereocenters. The zero-order valence-corrected chi connectivity index (χ0v) is 25.4. The molecular weight excluding hydrogens is 522 g/mol. The topological polar surface area (TPSA) is 86.8 Å². The molecule has 1 N–H and O–H groups in total. The summed E-state index contributed by atoms with van der Waals surface area (Å²) in [5, 5.41) is 2.95. The Labute approximate surface area is 239 Å². The number of anilines is 1. The number of rotatable bonds is 10. The highest BCUT2D eigenvalue weighted by Crippen LogP contribution is 2.29. The smallest absolute Gasteiger partial charge is 0.264 e. The Hall–Kier alpha value is -3.65. The summed E-state index contributed by atoms with van der Waals surface area (Å²) in [6, 6.07) is 20.9. The van der Waals surface area contributed by atoms with Gasteiger partial charge in [0.05, 0.1) is 10.6 Å². The Balaban J connectivity index is 2.03. The predicted octanol–water partition coefficient (Wildman–Crippen LogP) is 5.18. The summed E-state index contributed by atoms with van der Waals surface area (Å²) >= 11 is 0. The Morgan fingerprint density at radius 2 is 1.50 bits per heavy atom. The average Bonchev–Trinajstić information content (AvgIpc) is 2.89. The standard InChI is InChI=1S/C32H41N3O4S/c1-23-16-18-28(19-17-23)40(38,39)35(29-15-11-12-24(2)25(29)3)22-30(36)34(21-20-27-13-9-8-10-14-27)26(4)31(37)33-32(5,6)7/h8-19,26H,20-22H2,1-7H3,(H,33,37). The van der Waals surface area contributed by atoms with Crippen LogP contribution in [0.1, 0.15) is 49.9 Å². The van der Waals surface area contributed by atoms with Gasteiger partial charge < -0.3 is 10.2 Å². The first-order valence-corrected chi connectivity index (χ1v) is 15.0. The molecule has 7 nitrogen and oxygen atoms in total. The normalized spacial score (nSPS) is 12.5. The van der Waals surface area contributed by atoms with Crippen LogP contribution in [0, 0.1) is 20.8 Å². The van der Waals surface area contributed by atoms with Crippen molar-refractivity contribution in [2.75, 3.05) is 17.4 Å². The summed E-state index contributed by atoms with van der Waals surface area (Å²) < 4.78 is 29.2. The minimum absolute atomic E-state index is 0.0983. The number of carbonyl (C=O) groups is 2. The molecule has 0 saturated carbocycles. The maximum absolute atomic E-state index is 14.0. The first-order chi connectivity index (χ1) is 18.7. The van der Waals surface area contributed by atoms with E-state index in [0.29, 0.717) is 12.1 Å². The van der Waals surface area contributed by atoms with Crippen LogP contribution in [0.3, 0.4) is 0 Å². The molecule has 3 aromatic carbocycles. The van der Waals surface area contributed by atoms with Gasteiger partial charge in [-0.25, -0.2) is 8.42 Å². The number of nitrogens with zero attached hydrogens (tertiary/aromatic N) is 2. The average molecular weight is 564 g/mol. The molecule has 3 rings (SSSR count). The molecular formula is C32H41N3O4S.